The van der Waals surface area contributed by atoms with Crippen molar-refractivity contribution in [3.63, 3.8) is 0 Å². The first kappa shape index (κ1) is 15.5. The fourth-order valence-corrected chi connectivity index (χ4v) is 5.01. The largest absolute Gasteiger partial charge is 0.452 e. The minimum Gasteiger partial charge on any atom is -0.452 e. The normalized spacial score (nSPS) is 21.8. The Morgan fingerprint density at radius 2 is 1.95 bits per heavy atom. The number of sulfonamides is 1. The predicted octanol–water partition coefficient (Wildman–Crippen LogP) is 1.22. The molecule has 0 aromatic carbocycles. The zero-order valence-electron chi connectivity index (χ0n) is 11.8. The van der Waals surface area contributed by atoms with Crippen molar-refractivity contribution in [2.45, 2.75) is 24.3 Å². The van der Waals surface area contributed by atoms with Crippen LogP contribution in [0.1, 0.15) is 18.6 Å². The summed E-state index contributed by atoms with van der Waals surface area (Å²) in [5.41, 5.74) is 5.49. The number of nitrogens with two attached hydrogens (primary N) is 1. The Kier molecular flexibility index (Phi) is 4.42. The number of halogens is 1. The van der Waals surface area contributed by atoms with Crippen molar-refractivity contribution >= 4 is 26.0 Å². The predicted molar refractivity (Wildman–Crippen MR) is 82.2 cm³/mol. The Morgan fingerprint density at radius 1 is 1.29 bits per heavy atom. The average Bonchev–Trinajstić information content (AvgIpc) is 3.19. The molecule has 1 aromatic rings. The van der Waals surface area contributed by atoms with E-state index < -0.39 is 10.0 Å². The smallest absolute Gasteiger partial charge is 0.247 e. The van der Waals surface area contributed by atoms with E-state index in [0.29, 0.717) is 18.8 Å². The quantitative estimate of drug-likeness (QED) is 0.834. The zero-order valence-corrected chi connectivity index (χ0v) is 14.2. The summed E-state index contributed by atoms with van der Waals surface area (Å²) < 4.78 is 32.4. The third kappa shape index (κ3) is 3.34. The second-order valence-corrected chi connectivity index (χ2v) is 8.33. The van der Waals surface area contributed by atoms with Gasteiger partial charge in [0, 0.05) is 38.8 Å². The number of nitrogens with zero attached hydrogens (tertiary/aromatic N) is 2. The van der Waals surface area contributed by atoms with Crippen LogP contribution < -0.4 is 5.73 Å². The van der Waals surface area contributed by atoms with E-state index in [9.17, 15) is 8.42 Å². The summed E-state index contributed by atoms with van der Waals surface area (Å²) in [5, 5.41) is 0. The van der Waals surface area contributed by atoms with Crippen LogP contribution in [0.15, 0.2) is 20.0 Å². The molecule has 2 N–H and O–H groups in total. The van der Waals surface area contributed by atoms with Gasteiger partial charge in [0.25, 0.3) is 0 Å². The van der Waals surface area contributed by atoms with Crippen molar-refractivity contribution in [2.24, 2.45) is 11.7 Å². The number of hydrogen-bond acceptors (Lipinski definition) is 5. The molecular weight excluding hydrogens is 358 g/mol. The summed E-state index contributed by atoms with van der Waals surface area (Å²) in [6, 6.07) is 1.51. The highest BCUT2D eigenvalue weighted by molar-refractivity contribution is 9.10. The Labute approximate surface area is 133 Å². The highest BCUT2D eigenvalue weighted by atomic mass is 79.9. The summed E-state index contributed by atoms with van der Waals surface area (Å²) in [7, 11) is -3.51. The molecule has 0 bridgehead atoms. The Hall–Kier alpha value is -0.410. The lowest BCUT2D eigenvalue weighted by Crippen LogP contribution is -2.49. The maximum atomic E-state index is 12.7. The first-order chi connectivity index (χ1) is 10.0. The van der Waals surface area contributed by atoms with E-state index in [2.05, 4.69) is 20.8 Å². The van der Waals surface area contributed by atoms with Crippen LogP contribution in [0.4, 0.5) is 0 Å². The minimum atomic E-state index is -3.51. The zero-order chi connectivity index (χ0) is 15.0. The topological polar surface area (TPSA) is 79.8 Å². The van der Waals surface area contributed by atoms with Crippen molar-refractivity contribution in [1.82, 2.24) is 9.21 Å². The van der Waals surface area contributed by atoms with E-state index in [1.54, 1.807) is 0 Å². The molecule has 1 saturated carbocycles. The third-order valence-electron chi connectivity index (χ3n) is 4.07. The molecule has 0 radical (unpaired) electrons. The molecule has 0 amide bonds. The molecule has 2 aliphatic rings. The first-order valence-corrected chi connectivity index (χ1v) is 9.45. The molecule has 8 heteroatoms. The summed E-state index contributed by atoms with van der Waals surface area (Å²) >= 11 is 3.17. The number of piperazine rings is 1. The van der Waals surface area contributed by atoms with Crippen molar-refractivity contribution in [3.05, 3.63) is 16.5 Å². The lowest BCUT2D eigenvalue weighted by atomic mass is 10.3. The van der Waals surface area contributed by atoms with Gasteiger partial charge in [0.1, 0.15) is 10.7 Å². The summed E-state index contributed by atoms with van der Waals surface area (Å²) in [5.74, 6) is 1.30. The summed E-state index contributed by atoms with van der Waals surface area (Å²) in [4.78, 5) is 2.54. The molecular formula is C13H20BrN3O3S. The maximum absolute atomic E-state index is 12.7. The molecule has 2 heterocycles. The molecule has 0 unspecified atom stereocenters. The number of hydrogen-bond donors (Lipinski definition) is 1. The second-order valence-electron chi connectivity index (χ2n) is 5.70. The molecule has 118 valence electrons. The van der Waals surface area contributed by atoms with Crippen LogP contribution in [0.2, 0.25) is 0 Å². The number of rotatable bonds is 5. The van der Waals surface area contributed by atoms with Gasteiger partial charge in [-0.15, -0.1) is 0 Å². The van der Waals surface area contributed by atoms with Gasteiger partial charge in [-0.2, -0.15) is 4.31 Å². The van der Waals surface area contributed by atoms with Crippen LogP contribution in [-0.2, 0) is 16.6 Å². The van der Waals surface area contributed by atoms with E-state index in [-0.39, 0.29) is 16.1 Å². The van der Waals surface area contributed by atoms with Crippen LogP contribution >= 0.6 is 15.9 Å². The van der Waals surface area contributed by atoms with Gasteiger partial charge in [-0.3, -0.25) is 0 Å². The van der Waals surface area contributed by atoms with Gasteiger partial charge in [0.2, 0.25) is 10.0 Å². The van der Waals surface area contributed by atoms with Crippen molar-refractivity contribution in [2.75, 3.05) is 32.7 Å². The molecule has 2 fully saturated rings. The van der Waals surface area contributed by atoms with Gasteiger partial charge >= 0.3 is 0 Å². The van der Waals surface area contributed by atoms with Crippen LogP contribution in [-0.4, -0.2) is 50.3 Å². The van der Waals surface area contributed by atoms with Gasteiger partial charge in [0.15, 0.2) is 4.67 Å². The highest BCUT2D eigenvalue weighted by Gasteiger charge is 2.33. The first-order valence-electron chi connectivity index (χ1n) is 7.21. The van der Waals surface area contributed by atoms with Crippen LogP contribution in [0, 0.1) is 5.92 Å². The van der Waals surface area contributed by atoms with E-state index in [1.165, 1.54) is 23.2 Å². The Morgan fingerprint density at radius 3 is 2.48 bits per heavy atom. The van der Waals surface area contributed by atoms with Crippen molar-refractivity contribution in [3.8, 4) is 0 Å². The summed E-state index contributed by atoms with van der Waals surface area (Å²) in [6.45, 7) is 3.96. The molecule has 1 aromatic heterocycles. The molecule has 0 spiro atoms. The van der Waals surface area contributed by atoms with Crippen LogP contribution in [0.25, 0.3) is 0 Å². The number of furan rings is 1. The highest BCUT2D eigenvalue weighted by Crippen LogP contribution is 2.31. The van der Waals surface area contributed by atoms with Crippen LogP contribution in [0.5, 0.6) is 0 Å². The molecule has 3 rings (SSSR count). The van der Waals surface area contributed by atoms with E-state index in [1.807, 2.05) is 0 Å². The van der Waals surface area contributed by atoms with E-state index in [4.69, 9.17) is 10.2 Å². The average molecular weight is 378 g/mol. The molecule has 0 atom stereocenters. The maximum Gasteiger partial charge on any atom is 0.247 e. The fraction of sp³-hybridized carbons (Fsp3) is 0.692. The third-order valence-corrected chi connectivity index (χ3v) is 6.83. The van der Waals surface area contributed by atoms with Gasteiger partial charge in [-0.05, 0) is 34.7 Å². The fourth-order valence-electron chi connectivity index (χ4n) is 2.63. The van der Waals surface area contributed by atoms with Gasteiger partial charge < -0.3 is 15.1 Å². The van der Waals surface area contributed by atoms with Crippen molar-refractivity contribution < 1.29 is 12.8 Å². The standard InChI is InChI=1S/C13H20BrN3O3S/c14-13-12(7-11(8-15)20-13)21(18,19)17-5-3-16(4-6-17)9-10-1-2-10/h7,10H,1-6,8-9,15H2. The summed E-state index contributed by atoms with van der Waals surface area (Å²) in [6.07, 6.45) is 2.64. The molecule has 21 heavy (non-hydrogen) atoms. The Bertz CT molecular complexity index is 604. The lowest BCUT2D eigenvalue weighted by Gasteiger charge is -2.33. The lowest BCUT2D eigenvalue weighted by molar-refractivity contribution is 0.182. The Balaban J connectivity index is 1.68. The monoisotopic (exact) mass is 377 g/mol. The van der Waals surface area contributed by atoms with Crippen molar-refractivity contribution in [1.29, 1.82) is 0 Å². The molecule has 1 aliphatic heterocycles. The van der Waals surface area contributed by atoms with E-state index >= 15 is 0 Å². The molecule has 6 nitrogen and oxygen atoms in total. The van der Waals surface area contributed by atoms with E-state index in [0.717, 1.165) is 25.6 Å². The minimum absolute atomic E-state index is 0.179. The second kappa shape index (κ2) is 6.00. The van der Waals surface area contributed by atoms with Gasteiger partial charge in [0.05, 0.1) is 6.54 Å². The SMILES string of the molecule is NCc1cc(S(=O)(=O)N2CCN(CC3CC3)CC2)c(Br)o1. The van der Waals surface area contributed by atoms with Gasteiger partial charge in [-0.1, -0.05) is 0 Å². The molecule has 1 aliphatic carbocycles. The molecule has 1 saturated heterocycles. The van der Waals surface area contributed by atoms with Gasteiger partial charge in [-0.25, -0.2) is 8.42 Å². The van der Waals surface area contributed by atoms with Crippen LogP contribution in [0.3, 0.4) is 0 Å².